The van der Waals surface area contributed by atoms with E-state index in [4.69, 9.17) is 4.74 Å². The summed E-state index contributed by atoms with van der Waals surface area (Å²) in [5, 5.41) is 25.2. The monoisotopic (exact) mass is 372 g/mol. The molecule has 0 aromatic heterocycles. The van der Waals surface area contributed by atoms with Crippen LogP contribution in [0, 0.1) is 20.2 Å². The summed E-state index contributed by atoms with van der Waals surface area (Å²) in [6.07, 6.45) is 0. The molecule has 2 aromatic carbocycles. The third kappa shape index (κ3) is 4.78. The SMILES string of the molecule is O=[N+]([O-])c1ccc(NCc2ccccc2CN2CCOCC2)c([N+](=O)[O-])c1. The highest BCUT2D eigenvalue weighted by Crippen LogP contribution is 2.29. The lowest BCUT2D eigenvalue weighted by atomic mass is 10.1. The lowest BCUT2D eigenvalue weighted by Crippen LogP contribution is -2.35. The van der Waals surface area contributed by atoms with Gasteiger partial charge < -0.3 is 10.1 Å². The Balaban J connectivity index is 1.75. The number of hydrogen-bond donors (Lipinski definition) is 1. The first-order chi connectivity index (χ1) is 13.0. The third-order valence-corrected chi connectivity index (χ3v) is 4.47. The van der Waals surface area contributed by atoms with E-state index >= 15 is 0 Å². The van der Waals surface area contributed by atoms with E-state index in [1.54, 1.807) is 0 Å². The van der Waals surface area contributed by atoms with Crippen molar-refractivity contribution >= 4 is 17.1 Å². The van der Waals surface area contributed by atoms with E-state index < -0.39 is 9.85 Å². The number of hydrogen-bond acceptors (Lipinski definition) is 7. The molecule has 0 spiro atoms. The van der Waals surface area contributed by atoms with Crippen molar-refractivity contribution in [3.63, 3.8) is 0 Å². The van der Waals surface area contributed by atoms with Crippen molar-refractivity contribution < 1.29 is 14.6 Å². The van der Waals surface area contributed by atoms with Gasteiger partial charge in [-0.05, 0) is 17.2 Å². The zero-order valence-corrected chi connectivity index (χ0v) is 14.7. The highest BCUT2D eigenvalue weighted by molar-refractivity contribution is 5.65. The lowest BCUT2D eigenvalue weighted by molar-refractivity contribution is -0.393. The average Bonchev–Trinajstić information content (AvgIpc) is 2.68. The molecule has 0 atom stereocenters. The fourth-order valence-corrected chi connectivity index (χ4v) is 3.01. The Kier molecular flexibility index (Phi) is 5.94. The number of nitrogens with one attached hydrogen (secondary N) is 1. The van der Waals surface area contributed by atoms with Crippen LogP contribution in [-0.4, -0.2) is 41.0 Å². The average molecular weight is 372 g/mol. The van der Waals surface area contributed by atoms with Gasteiger partial charge >= 0.3 is 0 Å². The van der Waals surface area contributed by atoms with Crippen LogP contribution >= 0.6 is 0 Å². The molecule has 1 N–H and O–H groups in total. The van der Waals surface area contributed by atoms with Crippen LogP contribution in [0.2, 0.25) is 0 Å². The normalized spacial score (nSPS) is 14.7. The van der Waals surface area contributed by atoms with Crippen LogP contribution in [0.1, 0.15) is 11.1 Å². The number of nitro groups is 2. The number of nitro benzene ring substituents is 2. The number of morpholine rings is 1. The van der Waals surface area contributed by atoms with Gasteiger partial charge in [0.15, 0.2) is 0 Å². The van der Waals surface area contributed by atoms with Crippen LogP contribution < -0.4 is 5.32 Å². The number of anilines is 1. The van der Waals surface area contributed by atoms with Crippen molar-refractivity contribution in [2.24, 2.45) is 0 Å². The molecule has 3 rings (SSSR count). The molecule has 0 unspecified atom stereocenters. The van der Waals surface area contributed by atoms with Gasteiger partial charge in [0.25, 0.3) is 11.4 Å². The van der Waals surface area contributed by atoms with Gasteiger partial charge in [0.1, 0.15) is 5.69 Å². The fourth-order valence-electron chi connectivity index (χ4n) is 3.01. The Morgan fingerprint density at radius 2 is 1.70 bits per heavy atom. The summed E-state index contributed by atoms with van der Waals surface area (Å²) in [4.78, 5) is 23.2. The number of nitrogens with zero attached hydrogens (tertiary/aromatic N) is 3. The zero-order valence-electron chi connectivity index (χ0n) is 14.7. The Morgan fingerprint density at radius 1 is 1.00 bits per heavy atom. The van der Waals surface area contributed by atoms with Gasteiger partial charge in [0.2, 0.25) is 0 Å². The molecule has 27 heavy (non-hydrogen) atoms. The standard InChI is InChI=1S/C18H20N4O5/c23-21(24)16-5-6-17(18(11-16)22(25)26)19-12-14-3-1-2-4-15(14)13-20-7-9-27-10-8-20/h1-6,11,19H,7-10,12-13H2. The number of rotatable bonds is 7. The van der Waals surface area contributed by atoms with Crippen molar-refractivity contribution in [2.45, 2.75) is 13.1 Å². The zero-order chi connectivity index (χ0) is 19.2. The molecule has 1 aliphatic heterocycles. The quantitative estimate of drug-likeness (QED) is 0.587. The number of non-ortho nitro benzene ring substituents is 1. The van der Waals surface area contributed by atoms with E-state index in [9.17, 15) is 20.2 Å². The first-order valence-electron chi connectivity index (χ1n) is 8.58. The fraction of sp³-hybridized carbons (Fsp3) is 0.333. The van der Waals surface area contributed by atoms with Crippen molar-refractivity contribution in [1.29, 1.82) is 0 Å². The molecule has 0 saturated carbocycles. The van der Waals surface area contributed by atoms with Crippen LogP contribution in [0.4, 0.5) is 17.1 Å². The predicted octanol–water partition coefficient (Wildman–Crippen LogP) is 2.95. The maximum absolute atomic E-state index is 11.3. The highest BCUT2D eigenvalue weighted by Gasteiger charge is 2.19. The molecule has 0 aliphatic carbocycles. The first-order valence-corrected chi connectivity index (χ1v) is 8.58. The summed E-state index contributed by atoms with van der Waals surface area (Å²) in [6, 6.07) is 11.5. The van der Waals surface area contributed by atoms with E-state index in [-0.39, 0.29) is 17.1 Å². The largest absolute Gasteiger partial charge is 0.379 e. The van der Waals surface area contributed by atoms with Crippen molar-refractivity contribution in [3.8, 4) is 0 Å². The van der Waals surface area contributed by atoms with Gasteiger partial charge in [-0.25, -0.2) is 0 Å². The second-order valence-corrected chi connectivity index (χ2v) is 6.23. The summed E-state index contributed by atoms with van der Waals surface area (Å²) in [7, 11) is 0. The molecule has 142 valence electrons. The van der Waals surface area contributed by atoms with Crippen LogP contribution in [-0.2, 0) is 17.8 Å². The van der Waals surface area contributed by atoms with Crippen molar-refractivity contribution in [3.05, 3.63) is 73.8 Å². The Bertz CT molecular complexity index is 836. The molecule has 1 heterocycles. The molecule has 0 amide bonds. The molecular weight excluding hydrogens is 352 g/mol. The van der Waals surface area contributed by atoms with Gasteiger partial charge in [0, 0.05) is 32.2 Å². The van der Waals surface area contributed by atoms with Crippen LogP contribution in [0.3, 0.4) is 0 Å². The van der Waals surface area contributed by atoms with Gasteiger partial charge in [-0.1, -0.05) is 24.3 Å². The van der Waals surface area contributed by atoms with Crippen LogP contribution in [0.25, 0.3) is 0 Å². The summed E-state index contributed by atoms with van der Waals surface area (Å²) in [6.45, 7) is 4.35. The number of ether oxygens (including phenoxy) is 1. The molecule has 9 heteroatoms. The van der Waals surface area contributed by atoms with E-state index in [1.165, 1.54) is 12.1 Å². The molecule has 0 radical (unpaired) electrons. The summed E-state index contributed by atoms with van der Waals surface area (Å²) >= 11 is 0. The summed E-state index contributed by atoms with van der Waals surface area (Å²) in [5.41, 5.74) is 1.80. The van der Waals surface area contributed by atoms with Crippen LogP contribution in [0.5, 0.6) is 0 Å². The van der Waals surface area contributed by atoms with Crippen molar-refractivity contribution in [2.75, 3.05) is 31.6 Å². The maximum Gasteiger partial charge on any atom is 0.299 e. The van der Waals surface area contributed by atoms with E-state index in [1.807, 2.05) is 24.3 Å². The topological polar surface area (TPSA) is 111 Å². The molecule has 1 saturated heterocycles. The second kappa shape index (κ2) is 8.56. The summed E-state index contributed by atoms with van der Waals surface area (Å²) < 4.78 is 5.37. The maximum atomic E-state index is 11.3. The highest BCUT2D eigenvalue weighted by atomic mass is 16.6. The Hall–Kier alpha value is -3.04. The molecular formula is C18H20N4O5. The lowest BCUT2D eigenvalue weighted by Gasteiger charge is -2.27. The summed E-state index contributed by atoms with van der Waals surface area (Å²) in [5.74, 6) is 0. The molecule has 2 aromatic rings. The van der Waals surface area contributed by atoms with Gasteiger partial charge in [-0.2, -0.15) is 0 Å². The molecule has 0 bridgehead atoms. The van der Waals surface area contributed by atoms with Crippen LogP contribution in [0.15, 0.2) is 42.5 Å². The van der Waals surface area contributed by atoms with Crippen molar-refractivity contribution in [1.82, 2.24) is 4.90 Å². The minimum absolute atomic E-state index is 0.256. The number of benzene rings is 2. The smallest absolute Gasteiger partial charge is 0.299 e. The van der Waals surface area contributed by atoms with E-state index in [0.29, 0.717) is 6.54 Å². The van der Waals surface area contributed by atoms with Gasteiger partial charge in [0.05, 0.1) is 29.1 Å². The molecule has 9 nitrogen and oxygen atoms in total. The Labute approximate surface area is 155 Å². The minimum atomic E-state index is -0.644. The molecule has 1 aliphatic rings. The minimum Gasteiger partial charge on any atom is -0.379 e. The Morgan fingerprint density at radius 3 is 2.37 bits per heavy atom. The van der Waals surface area contributed by atoms with Gasteiger partial charge in [-0.15, -0.1) is 0 Å². The van der Waals surface area contributed by atoms with Gasteiger partial charge in [-0.3, -0.25) is 25.1 Å². The van der Waals surface area contributed by atoms with E-state index in [0.717, 1.165) is 50.0 Å². The molecule has 1 fully saturated rings. The predicted molar refractivity (Wildman–Crippen MR) is 99.6 cm³/mol. The first kappa shape index (κ1) is 18.7. The second-order valence-electron chi connectivity index (χ2n) is 6.23. The van der Waals surface area contributed by atoms with E-state index in [2.05, 4.69) is 10.2 Å². The third-order valence-electron chi connectivity index (χ3n) is 4.47.